The number of hydrogen-bond donors (Lipinski definition) is 1. The Hall–Kier alpha value is -1.24. The van der Waals surface area contributed by atoms with E-state index in [1.54, 1.807) is 0 Å². The molecule has 0 bridgehead atoms. The molecule has 1 aromatic carbocycles. The summed E-state index contributed by atoms with van der Waals surface area (Å²) in [6, 6.07) is 8.60. The Kier molecular flexibility index (Phi) is 1.86. The largest absolute Gasteiger partial charge is 0.390 e. The van der Waals surface area contributed by atoms with Crippen molar-refractivity contribution in [1.82, 2.24) is 5.32 Å². The van der Waals surface area contributed by atoms with E-state index in [0.717, 1.165) is 13.0 Å². The van der Waals surface area contributed by atoms with Gasteiger partial charge in [-0.25, -0.2) is 0 Å². The van der Waals surface area contributed by atoms with E-state index in [4.69, 9.17) is 0 Å². The van der Waals surface area contributed by atoms with E-state index in [1.807, 2.05) is 0 Å². The highest BCUT2D eigenvalue weighted by atomic mass is 14.8. The maximum Gasteiger partial charge on any atom is 0.0182 e. The molecule has 0 unspecified atom stereocenters. The molecule has 0 saturated heterocycles. The third-order valence-corrected chi connectivity index (χ3v) is 2.30. The maximum absolute atomic E-state index is 3.28. The van der Waals surface area contributed by atoms with Crippen LogP contribution in [0, 0.1) is 0 Å². The second-order valence-corrected chi connectivity index (χ2v) is 3.19. The summed E-state index contributed by atoms with van der Waals surface area (Å²) in [5.41, 5.74) is 4.18. The van der Waals surface area contributed by atoms with Gasteiger partial charge in [-0.3, -0.25) is 0 Å². The normalized spacial score (nSPS) is 15.6. The van der Waals surface area contributed by atoms with Crippen molar-refractivity contribution in [3.05, 3.63) is 41.6 Å². The summed E-state index contributed by atoms with van der Waals surface area (Å²) in [7, 11) is 0. The van der Waals surface area contributed by atoms with Crippen LogP contribution >= 0.6 is 0 Å². The Morgan fingerprint density at radius 3 is 3.00 bits per heavy atom. The van der Waals surface area contributed by atoms with E-state index < -0.39 is 0 Å². The molecule has 0 spiro atoms. The molecule has 0 aliphatic carbocycles. The molecule has 1 heteroatoms. The fourth-order valence-electron chi connectivity index (χ4n) is 1.63. The summed E-state index contributed by atoms with van der Waals surface area (Å²) in [5, 5.41) is 3.28. The number of nitrogens with one attached hydrogen (secondary N) is 1. The number of rotatable bonds is 0. The van der Waals surface area contributed by atoms with Gasteiger partial charge in [0.2, 0.25) is 0 Å². The molecule has 0 atom stereocenters. The maximum atomic E-state index is 3.28. The molecule has 1 aromatic rings. The van der Waals surface area contributed by atoms with Crippen molar-refractivity contribution in [2.24, 2.45) is 0 Å². The van der Waals surface area contributed by atoms with Crippen LogP contribution in [0.2, 0.25) is 0 Å². The van der Waals surface area contributed by atoms with E-state index in [-0.39, 0.29) is 0 Å². The van der Waals surface area contributed by atoms with Crippen molar-refractivity contribution in [3.8, 4) is 0 Å². The van der Waals surface area contributed by atoms with Gasteiger partial charge in [0, 0.05) is 6.54 Å². The summed E-state index contributed by atoms with van der Waals surface area (Å²) in [6.07, 6.45) is 3.23. The highest BCUT2D eigenvalue weighted by molar-refractivity contribution is 5.66. The lowest BCUT2D eigenvalue weighted by molar-refractivity contribution is 0.842. The predicted octanol–water partition coefficient (Wildman–Crippen LogP) is 2.19. The molecule has 0 fully saturated rings. The standard InChI is InChI=1S/C11H13N/c1-9-8-12-7-6-10-4-2-3-5-11(9)10/h2-5,8,12H,6-7H2,1H3. The molecule has 1 aliphatic heterocycles. The summed E-state index contributed by atoms with van der Waals surface area (Å²) < 4.78 is 0. The third-order valence-electron chi connectivity index (χ3n) is 2.30. The molecule has 1 N–H and O–H groups in total. The highest BCUT2D eigenvalue weighted by Gasteiger charge is 2.05. The smallest absolute Gasteiger partial charge is 0.0182 e. The fraction of sp³-hybridized carbons (Fsp3) is 0.273. The minimum atomic E-state index is 1.05. The summed E-state index contributed by atoms with van der Waals surface area (Å²) >= 11 is 0. The molecule has 1 heterocycles. The second-order valence-electron chi connectivity index (χ2n) is 3.19. The molecule has 0 amide bonds. The highest BCUT2D eigenvalue weighted by Crippen LogP contribution is 2.19. The van der Waals surface area contributed by atoms with Gasteiger partial charge in [-0.1, -0.05) is 24.3 Å². The van der Waals surface area contributed by atoms with Crippen LogP contribution in [-0.4, -0.2) is 6.54 Å². The van der Waals surface area contributed by atoms with Gasteiger partial charge in [-0.15, -0.1) is 0 Å². The van der Waals surface area contributed by atoms with Crippen LogP contribution in [0.3, 0.4) is 0 Å². The summed E-state index contributed by atoms with van der Waals surface area (Å²) in [4.78, 5) is 0. The molecule has 0 aromatic heterocycles. The summed E-state index contributed by atoms with van der Waals surface area (Å²) in [5.74, 6) is 0. The zero-order valence-electron chi connectivity index (χ0n) is 7.30. The minimum Gasteiger partial charge on any atom is -0.390 e. The first-order valence-electron chi connectivity index (χ1n) is 4.36. The lowest BCUT2D eigenvalue weighted by atomic mass is 10.0. The Bertz CT molecular complexity index is 313. The van der Waals surface area contributed by atoms with Crippen molar-refractivity contribution in [2.75, 3.05) is 6.54 Å². The van der Waals surface area contributed by atoms with Gasteiger partial charge in [-0.2, -0.15) is 0 Å². The number of fused-ring (bicyclic) bond motifs is 1. The molecular formula is C11H13N. The van der Waals surface area contributed by atoms with Gasteiger partial charge in [0.1, 0.15) is 0 Å². The quantitative estimate of drug-likeness (QED) is 0.612. The zero-order chi connectivity index (χ0) is 8.39. The first-order valence-corrected chi connectivity index (χ1v) is 4.36. The van der Waals surface area contributed by atoms with Gasteiger partial charge in [-0.05, 0) is 36.2 Å². The van der Waals surface area contributed by atoms with E-state index in [2.05, 4.69) is 42.7 Å². The van der Waals surface area contributed by atoms with Gasteiger partial charge in [0.25, 0.3) is 0 Å². The van der Waals surface area contributed by atoms with Gasteiger partial charge in [0.15, 0.2) is 0 Å². The van der Waals surface area contributed by atoms with E-state index in [0.29, 0.717) is 0 Å². The predicted molar refractivity (Wildman–Crippen MR) is 51.8 cm³/mol. The van der Waals surface area contributed by atoms with Crippen molar-refractivity contribution >= 4 is 5.57 Å². The van der Waals surface area contributed by atoms with Gasteiger partial charge in [0.05, 0.1) is 0 Å². The average molecular weight is 159 g/mol. The molecule has 0 radical (unpaired) electrons. The van der Waals surface area contributed by atoms with Crippen molar-refractivity contribution < 1.29 is 0 Å². The van der Waals surface area contributed by atoms with Crippen LogP contribution in [-0.2, 0) is 6.42 Å². The van der Waals surface area contributed by atoms with Crippen molar-refractivity contribution in [2.45, 2.75) is 13.3 Å². The van der Waals surface area contributed by atoms with E-state index in [9.17, 15) is 0 Å². The Balaban J connectivity index is 2.51. The van der Waals surface area contributed by atoms with Gasteiger partial charge < -0.3 is 5.32 Å². The average Bonchev–Trinajstić information content (AvgIpc) is 2.29. The third kappa shape index (κ3) is 1.22. The SMILES string of the molecule is CC1=CNCCc2ccccc21. The molecule has 0 saturated carbocycles. The van der Waals surface area contributed by atoms with Crippen LogP contribution in [0.25, 0.3) is 5.57 Å². The van der Waals surface area contributed by atoms with Crippen LogP contribution in [0.5, 0.6) is 0 Å². The first kappa shape index (κ1) is 7.41. The van der Waals surface area contributed by atoms with Gasteiger partial charge >= 0.3 is 0 Å². The number of allylic oxidation sites excluding steroid dienone is 1. The number of benzene rings is 1. The number of hydrogen-bond acceptors (Lipinski definition) is 1. The van der Waals surface area contributed by atoms with Crippen LogP contribution in [0.1, 0.15) is 18.1 Å². The molecule has 62 valence electrons. The second kappa shape index (κ2) is 3.02. The zero-order valence-corrected chi connectivity index (χ0v) is 7.30. The lowest BCUT2D eigenvalue weighted by Gasteiger charge is -2.04. The Morgan fingerprint density at radius 2 is 2.08 bits per heavy atom. The Morgan fingerprint density at radius 1 is 1.25 bits per heavy atom. The van der Waals surface area contributed by atoms with Crippen LogP contribution in [0.4, 0.5) is 0 Å². The molecule has 1 nitrogen and oxygen atoms in total. The monoisotopic (exact) mass is 159 g/mol. The first-order chi connectivity index (χ1) is 5.88. The van der Waals surface area contributed by atoms with Crippen molar-refractivity contribution in [3.63, 3.8) is 0 Å². The van der Waals surface area contributed by atoms with Crippen molar-refractivity contribution in [1.29, 1.82) is 0 Å². The topological polar surface area (TPSA) is 12.0 Å². The van der Waals surface area contributed by atoms with E-state index in [1.165, 1.54) is 16.7 Å². The molecule has 2 rings (SSSR count). The molecule has 12 heavy (non-hydrogen) atoms. The lowest BCUT2D eigenvalue weighted by Crippen LogP contribution is -2.07. The summed E-state index contributed by atoms with van der Waals surface area (Å²) in [6.45, 7) is 3.20. The molecule has 1 aliphatic rings. The van der Waals surface area contributed by atoms with Crippen LogP contribution in [0.15, 0.2) is 30.5 Å². The Labute approximate surface area is 73.1 Å². The molecular weight excluding hydrogens is 146 g/mol. The van der Waals surface area contributed by atoms with E-state index >= 15 is 0 Å². The fourth-order valence-corrected chi connectivity index (χ4v) is 1.63. The van der Waals surface area contributed by atoms with Crippen LogP contribution < -0.4 is 5.32 Å². The minimum absolute atomic E-state index is 1.05.